The maximum Gasteiger partial charge on any atom is 0.103 e. The van der Waals surface area contributed by atoms with E-state index in [1.165, 1.54) is 83.0 Å². The van der Waals surface area contributed by atoms with Gasteiger partial charge in [0.15, 0.2) is 0 Å². The summed E-state index contributed by atoms with van der Waals surface area (Å²) in [6, 6.07) is 0. The Bertz CT molecular complexity index is 735. The molecule has 3 fully saturated rings. The van der Waals surface area contributed by atoms with Crippen LogP contribution in [-0.4, -0.2) is 23.8 Å². The average Bonchev–Trinajstić information content (AvgIpc) is 3.10. The van der Waals surface area contributed by atoms with E-state index in [4.69, 9.17) is 4.99 Å². The first-order valence-corrected chi connectivity index (χ1v) is 13.9. The van der Waals surface area contributed by atoms with Gasteiger partial charge in [-0.05, 0) is 85.9 Å². The summed E-state index contributed by atoms with van der Waals surface area (Å²) in [5, 5.41) is 0. The second kappa shape index (κ2) is 8.21. The molecular weight excluding hydrogens is 376 g/mol. The normalized spacial score (nSPS) is 42.8. The molecule has 31 heavy (non-hydrogen) atoms. The summed E-state index contributed by atoms with van der Waals surface area (Å²) in [6.07, 6.45) is 18.1. The maximum atomic E-state index is 4.91. The fraction of sp³-hybridized carbons (Fsp3) is 0.897. The van der Waals surface area contributed by atoms with Crippen LogP contribution in [0.15, 0.2) is 16.8 Å². The number of fused-ring (bicyclic) bond motifs is 7. The van der Waals surface area contributed by atoms with Crippen LogP contribution in [0, 0.1) is 46.3 Å². The third kappa shape index (κ3) is 3.54. The van der Waals surface area contributed by atoms with Crippen LogP contribution < -0.4 is 0 Å². The number of nitrogens with zero attached hydrogens (tertiary/aromatic N) is 2. The molecule has 0 radical (unpaired) electrons. The first-order chi connectivity index (χ1) is 14.8. The Morgan fingerprint density at radius 1 is 1.06 bits per heavy atom. The van der Waals surface area contributed by atoms with Gasteiger partial charge in [-0.2, -0.15) is 0 Å². The number of rotatable bonds is 5. The fourth-order valence-electron chi connectivity index (χ4n) is 9.33. The van der Waals surface area contributed by atoms with E-state index in [0.29, 0.717) is 10.8 Å². The number of hydrogen-bond acceptors (Lipinski definition) is 2. The summed E-state index contributed by atoms with van der Waals surface area (Å²) in [4.78, 5) is 7.57. The summed E-state index contributed by atoms with van der Waals surface area (Å²) in [5.41, 5.74) is 2.69. The zero-order chi connectivity index (χ0) is 21.8. The quantitative estimate of drug-likeness (QED) is 0.441. The molecule has 0 spiro atoms. The highest BCUT2D eigenvalue weighted by Gasteiger charge is 2.59. The van der Waals surface area contributed by atoms with Crippen molar-refractivity contribution in [1.82, 2.24) is 4.90 Å². The second-order valence-electron chi connectivity index (χ2n) is 13.0. The Hall–Kier alpha value is -0.790. The Labute approximate surface area is 192 Å². The van der Waals surface area contributed by atoms with E-state index in [9.17, 15) is 0 Å². The van der Waals surface area contributed by atoms with Crippen molar-refractivity contribution in [2.75, 3.05) is 13.1 Å². The van der Waals surface area contributed by atoms with E-state index in [1.54, 1.807) is 5.70 Å². The highest BCUT2D eigenvalue weighted by Crippen LogP contribution is 2.67. The van der Waals surface area contributed by atoms with Gasteiger partial charge in [-0.25, -0.2) is 0 Å². The Morgan fingerprint density at radius 3 is 2.71 bits per heavy atom. The van der Waals surface area contributed by atoms with Gasteiger partial charge in [0.25, 0.3) is 0 Å². The van der Waals surface area contributed by atoms with Gasteiger partial charge >= 0.3 is 0 Å². The molecule has 2 saturated carbocycles. The molecule has 2 aliphatic heterocycles. The molecule has 1 saturated heterocycles. The van der Waals surface area contributed by atoms with E-state index < -0.39 is 0 Å². The number of aliphatic imine (C=N–C) groups is 1. The van der Waals surface area contributed by atoms with Crippen LogP contribution in [0.5, 0.6) is 0 Å². The van der Waals surface area contributed by atoms with Crippen LogP contribution in [0.2, 0.25) is 0 Å². The van der Waals surface area contributed by atoms with Gasteiger partial charge in [0.2, 0.25) is 0 Å². The third-order valence-electron chi connectivity index (χ3n) is 10.9. The number of amidine groups is 1. The lowest BCUT2D eigenvalue weighted by Gasteiger charge is -2.60. The van der Waals surface area contributed by atoms with Gasteiger partial charge in [0.05, 0.1) is 0 Å². The zero-order valence-electron chi connectivity index (χ0n) is 21.1. The van der Waals surface area contributed by atoms with Crippen LogP contribution in [0.1, 0.15) is 105 Å². The maximum absolute atomic E-state index is 4.91. The minimum Gasteiger partial charge on any atom is -0.334 e. The van der Waals surface area contributed by atoms with Gasteiger partial charge in [0.1, 0.15) is 5.84 Å². The number of hydrogen-bond donors (Lipinski definition) is 0. The van der Waals surface area contributed by atoms with Crippen molar-refractivity contribution < 1.29 is 0 Å². The van der Waals surface area contributed by atoms with Crippen molar-refractivity contribution in [2.45, 2.75) is 105 Å². The molecule has 2 heteroatoms. The van der Waals surface area contributed by atoms with Gasteiger partial charge in [0, 0.05) is 30.6 Å². The molecule has 7 atom stereocenters. The van der Waals surface area contributed by atoms with Gasteiger partial charge in [-0.1, -0.05) is 60.0 Å². The molecule has 3 aliphatic carbocycles. The molecule has 7 unspecified atom stereocenters. The molecule has 0 amide bonds. The lowest BCUT2D eigenvalue weighted by molar-refractivity contribution is -0.0539. The van der Waals surface area contributed by atoms with Crippen LogP contribution in [0.4, 0.5) is 0 Å². The summed E-state index contributed by atoms with van der Waals surface area (Å²) < 4.78 is 0. The monoisotopic (exact) mass is 424 g/mol. The van der Waals surface area contributed by atoms with E-state index in [2.05, 4.69) is 45.6 Å². The summed E-state index contributed by atoms with van der Waals surface area (Å²) in [5.74, 6) is 6.96. The van der Waals surface area contributed by atoms with Crippen molar-refractivity contribution in [2.24, 2.45) is 51.3 Å². The molecule has 0 aromatic carbocycles. The third-order valence-corrected chi connectivity index (χ3v) is 10.9. The van der Waals surface area contributed by atoms with Crippen LogP contribution >= 0.6 is 0 Å². The first kappa shape index (κ1) is 22.0. The zero-order valence-corrected chi connectivity index (χ0v) is 21.1. The molecule has 174 valence electrons. The minimum atomic E-state index is 0.404. The second-order valence-corrected chi connectivity index (χ2v) is 13.0. The first-order valence-electron chi connectivity index (χ1n) is 13.9. The van der Waals surface area contributed by atoms with Crippen LogP contribution in [0.3, 0.4) is 0 Å². The van der Waals surface area contributed by atoms with Crippen molar-refractivity contribution in [3.05, 3.63) is 11.8 Å². The lowest BCUT2D eigenvalue weighted by atomic mass is 9.48. The SMILES string of the molecule is CC(C)CCCC(C)C1CCC2C3CC=C4N5CCCN=C5CCC4(C)C3CCC12C. The fourth-order valence-corrected chi connectivity index (χ4v) is 9.33. The van der Waals surface area contributed by atoms with Crippen LogP contribution in [-0.2, 0) is 0 Å². The van der Waals surface area contributed by atoms with Crippen LogP contribution in [0.25, 0.3) is 0 Å². The number of piperidine rings is 1. The topological polar surface area (TPSA) is 15.6 Å². The predicted molar refractivity (Wildman–Crippen MR) is 132 cm³/mol. The summed E-state index contributed by atoms with van der Waals surface area (Å²) in [6.45, 7) is 15.0. The van der Waals surface area contributed by atoms with E-state index in [0.717, 1.165) is 42.1 Å². The smallest absolute Gasteiger partial charge is 0.103 e. The van der Waals surface area contributed by atoms with Gasteiger partial charge < -0.3 is 4.90 Å². The molecule has 0 bridgehead atoms. The lowest BCUT2D eigenvalue weighted by Crippen LogP contribution is -2.55. The molecular formula is C29H48N2. The standard InChI is InChI=1S/C29H48N2/c1-20(2)8-6-9-21(3)23-11-12-24-22-10-13-26-29(5,25(22)14-16-28(23,24)4)17-15-27-30-18-7-19-31(26)27/h13,20-25H,6-12,14-19H2,1-5H3. The Kier molecular flexibility index (Phi) is 5.83. The van der Waals surface area contributed by atoms with Crippen molar-refractivity contribution in [1.29, 1.82) is 0 Å². The molecule has 0 aromatic heterocycles. The van der Waals surface area contributed by atoms with Crippen molar-refractivity contribution >= 4 is 5.84 Å². The largest absolute Gasteiger partial charge is 0.334 e. The Morgan fingerprint density at radius 2 is 1.90 bits per heavy atom. The number of allylic oxidation sites excluding steroid dienone is 2. The average molecular weight is 425 g/mol. The minimum absolute atomic E-state index is 0.404. The molecule has 2 heterocycles. The van der Waals surface area contributed by atoms with Gasteiger partial charge in [-0.3, -0.25) is 4.99 Å². The van der Waals surface area contributed by atoms with E-state index in [-0.39, 0.29) is 0 Å². The summed E-state index contributed by atoms with van der Waals surface area (Å²) >= 11 is 0. The van der Waals surface area contributed by atoms with Crippen molar-refractivity contribution in [3.63, 3.8) is 0 Å². The highest BCUT2D eigenvalue weighted by atomic mass is 15.2. The van der Waals surface area contributed by atoms with Crippen molar-refractivity contribution in [3.8, 4) is 0 Å². The van der Waals surface area contributed by atoms with Gasteiger partial charge in [-0.15, -0.1) is 0 Å². The molecule has 0 aromatic rings. The molecule has 5 aliphatic rings. The molecule has 5 rings (SSSR count). The molecule has 0 N–H and O–H groups in total. The van der Waals surface area contributed by atoms with E-state index in [1.807, 2.05) is 0 Å². The highest BCUT2D eigenvalue weighted by molar-refractivity contribution is 5.86. The Balaban J connectivity index is 1.35. The predicted octanol–water partition coefficient (Wildman–Crippen LogP) is 7.70. The van der Waals surface area contributed by atoms with E-state index >= 15 is 0 Å². The summed E-state index contributed by atoms with van der Waals surface area (Å²) in [7, 11) is 0. The molecule has 2 nitrogen and oxygen atoms in total.